The van der Waals surface area contributed by atoms with E-state index < -0.39 is 65.0 Å². The summed E-state index contributed by atoms with van der Waals surface area (Å²) in [7, 11) is 0. The number of carbonyl (C=O) groups is 3. The zero-order chi connectivity index (χ0) is 38.2. The predicted octanol–water partition coefficient (Wildman–Crippen LogP) is 0.596. The molecule has 3 heterocycles. The van der Waals surface area contributed by atoms with Crippen LogP contribution in [0.2, 0.25) is 0 Å². The highest BCUT2D eigenvalue weighted by Gasteiger charge is 2.53. The summed E-state index contributed by atoms with van der Waals surface area (Å²) < 4.78 is 4.96. The second-order valence-corrected chi connectivity index (χ2v) is 13.5. The summed E-state index contributed by atoms with van der Waals surface area (Å²) in [4.78, 5) is 54.1. The van der Waals surface area contributed by atoms with E-state index >= 15 is 0 Å². The minimum Gasteiger partial charge on any atom is -0.394 e. The number of nitrogens with zero attached hydrogens (tertiary/aromatic N) is 3. The van der Waals surface area contributed by atoms with Gasteiger partial charge in [-0.05, 0) is 41.3 Å². The van der Waals surface area contributed by atoms with Crippen LogP contribution in [0.4, 0.5) is 17.1 Å². The molecule has 7 N–H and O–H groups in total. The summed E-state index contributed by atoms with van der Waals surface area (Å²) in [5.41, 5.74) is 0.553. The van der Waals surface area contributed by atoms with Crippen molar-refractivity contribution in [2.24, 2.45) is 5.92 Å². The maximum Gasteiger partial charge on any atom is 0.269 e. The van der Waals surface area contributed by atoms with Crippen LogP contribution in [-0.4, -0.2) is 102 Å². The topological polar surface area (TPSA) is 243 Å². The van der Waals surface area contributed by atoms with Crippen molar-refractivity contribution in [2.45, 2.75) is 75.2 Å². The van der Waals surface area contributed by atoms with Crippen LogP contribution in [-0.2, 0) is 44.2 Å². The maximum atomic E-state index is 14.1. The van der Waals surface area contributed by atoms with E-state index in [-0.39, 0.29) is 48.1 Å². The molecule has 1 fully saturated rings. The first kappa shape index (κ1) is 37.7. The van der Waals surface area contributed by atoms with Crippen molar-refractivity contribution < 1.29 is 54.7 Å². The van der Waals surface area contributed by atoms with Crippen molar-refractivity contribution in [2.75, 3.05) is 16.8 Å². The number of nitro groups is 1. The average molecular weight is 733 g/mol. The van der Waals surface area contributed by atoms with E-state index in [0.29, 0.717) is 18.5 Å². The van der Waals surface area contributed by atoms with Crippen LogP contribution in [0.5, 0.6) is 0 Å². The summed E-state index contributed by atoms with van der Waals surface area (Å²) in [5, 5.41) is 75.7. The second kappa shape index (κ2) is 15.1. The number of hydrogen-bond donors (Lipinski definition) is 7. The Morgan fingerprint density at radius 2 is 1.74 bits per heavy atom. The van der Waals surface area contributed by atoms with Crippen LogP contribution < -0.4 is 10.2 Å². The Balaban J connectivity index is 1.17. The molecule has 0 saturated carbocycles. The van der Waals surface area contributed by atoms with Gasteiger partial charge in [0, 0.05) is 42.3 Å². The molecular formula is C37H40N4O12. The number of fused-ring (bicyclic) bond motifs is 2. The normalized spacial score (nSPS) is 27.3. The van der Waals surface area contributed by atoms with Crippen LogP contribution >= 0.6 is 0 Å². The monoisotopic (exact) mass is 732 g/mol. The van der Waals surface area contributed by atoms with Crippen molar-refractivity contribution in [3.8, 4) is 0 Å². The zero-order valence-electron chi connectivity index (χ0n) is 28.6. The molecule has 8 atom stereocenters. The third kappa shape index (κ3) is 7.17. The highest BCUT2D eigenvalue weighted by molar-refractivity contribution is 6.07. The van der Waals surface area contributed by atoms with Gasteiger partial charge in [0.05, 0.1) is 29.8 Å². The van der Waals surface area contributed by atoms with Crippen molar-refractivity contribution in [1.29, 1.82) is 0 Å². The number of nitrogens with one attached hydrogen (secondary N) is 1. The van der Waals surface area contributed by atoms with Gasteiger partial charge in [-0.1, -0.05) is 55.5 Å². The molecular weight excluding hydrogens is 692 g/mol. The van der Waals surface area contributed by atoms with E-state index in [1.165, 1.54) is 35.2 Å². The minimum absolute atomic E-state index is 0.0255. The Morgan fingerprint density at radius 3 is 2.42 bits per heavy atom. The Labute approximate surface area is 303 Å². The predicted molar refractivity (Wildman–Crippen MR) is 187 cm³/mol. The van der Waals surface area contributed by atoms with Crippen molar-refractivity contribution >= 4 is 34.8 Å². The van der Waals surface area contributed by atoms with E-state index in [4.69, 9.17) is 4.74 Å². The summed E-state index contributed by atoms with van der Waals surface area (Å²) in [6.07, 6.45) is -5.51. The molecule has 3 aliphatic heterocycles. The molecule has 0 aliphatic carbocycles. The fraction of sp³-hybridized carbons (Fsp3) is 0.378. The van der Waals surface area contributed by atoms with Crippen molar-refractivity contribution in [1.82, 2.24) is 4.90 Å². The lowest BCUT2D eigenvalue weighted by molar-refractivity contribution is -0.385. The SMILES string of the molecule is C[C@H](/C=C/CC(=O)N1Cc2ccccc2C[C@H]1CO)[C@@]1(O)C(=O)N(Cc2ccc(NC(=O)[C@H]3O[C@@H](O)[C@H](O)[C@@H](O)[C@@H]3O)cc2)c2ccc([N+](=O)[O-])cc21. The molecule has 280 valence electrons. The number of hydrogen-bond acceptors (Lipinski definition) is 12. The number of anilines is 2. The van der Waals surface area contributed by atoms with Gasteiger partial charge in [0.1, 0.15) is 18.3 Å². The molecule has 3 aromatic carbocycles. The first-order chi connectivity index (χ1) is 25.2. The summed E-state index contributed by atoms with van der Waals surface area (Å²) in [6, 6.07) is 17.2. The van der Waals surface area contributed by atoms with Crippen LogP contribution in [0.3, 0.4) is 0 Å². The molecule has 6 rings (SSSR count). The molecule has 0 aromatic heterocycles. The Bertz CT molecular complexity index is 1920. The van der Waals surface area contributed by atoms with E-state index in [2.05, 4.69) is 5.32 Å². The van der Waals surface area contributed by atoms with Gasteiger partial charge in [0.2, 0.25) is 5.91 Å². The van der Waals surface area contributed by atoms with Gasteiger partial charge in [-0.25, -0.2) is 0 Å². The molecule has 1 saturated heterocycles. The number of aliphatic hydroxyl groups is 6. The van der Waals surface area contributed by atoms with Crippen LogP contribution in [0.15, 0.2) is 78.9 Å². The smallest absolute Gasteiger partial charge is 0.269 e. The Hall–Kier alpha value is -5.07. The Morgan fingerprint density at radius 1 is 1.04 bits per heavy atom. The third-order valence-corrected chi connectivity index (χ3v) is 10.1. The zero-order valence-corrected chi connectivity index (χ0v) is 28.6. The van der Waals surface area contributed by atoms with E-state index in [1.54, 1.807) is 30.0 Å². The number of amides is 3. The standard InChI is InChI=1S/C37H40N4O12/c1-20(5-4-8-29(43)39-18-23-7-3-2-6-22(23)15-26(39)19-42)37(50)27-16-25(41(51)52)13-14-28(27)40(36(37)49)17-21-9-11-24(12-10-21)38-34(47)33-31(45)30(44)32(46)35(48)53-33/h2-7,9-14,16,20,26,30-33,35,42,44-46,48,50H,8,15,17-19H2,1H3,(H,38,47)/b5-4+/t20-,26+,30+,31+,32-,33+,35-,37+/m1/s1. The van der Waals surface area contributed by atoms with Crippen LogP contribution in [0.25, 0.3) is 0 Å². The highest BCUT2D eigenvalue weighted by atomic mass is 16.6. The van der Waals surface area contributed by atoms with Gasteiger partial charge in [0.15, 0.2) is 18.0 Å². The van der Waals surface area contributed by atoms with Crippen molar-refractivity contribution in [3.63, 3.8) is 0 Å². The molecule has 0 unspecified atom stereocenters. The van der Waals surface area contributed by atoms with Gasteiger partial charge in [-0.15, -0.1) is 0 Å². The van der Waals surface area contributed by atoms with E-state index in [0.717, 1.165) is 17.2 Å². The fourth-order valence-corrected chi connectivity index (χ4v) is 7.04. The van der Waals surface area contributed by atoms with Gasteiger partial charge in [-0.2, -0.15) is 0 Å². The summed E-state index contributed by atoms with van der Waals surface area (Å²) in [5.74, 6) is -2.83. The maximum absolute atomic E-state index is 14.1. The van der Waals surface area contributed by atoms with E-state index in [1.807, 2.05) is 24.3 Å². The van der Waals surface area contributed by atoms with Gasteiger partial charge < -0.3 is 50.5 Å². The quantitative estimate of drug-likeness (QED) is 0.0861. The number of ether oxygens (including phenoxy) is 1. The molecule has 53 heavy (non-hydrogen) atoms. The Kier molecular flexibility index (Phi) is 10.7. The number of non-ortho nitro benzene ring substituents is 1. The summed E-state index contributed by atoms with van der Waals surface area (Å²) in [6.45, 7) is 1.62. The second-order valence-electron chi connectivity index (χ2n) is 13.5. The van der Waals surface area contributed by atoms with E-state index in [9.17, 15) is 55.1 Å². The molecule has 16 nitrogen and oxygen atoms in total. The lowest BCUT2D eigenvalue weighted by Crippen LogP contribution is -2.60. The number of carbonyl (C=O) groups excluding carboxylic acids is 3. The van der Waals surface area contributed by atoms with Crippen LogP contribution in [0, 0.1) is 16.0 Å². The third-order valence-electron chi connectivity index (χ3n) is 10.1. The molecule has 0 spiro atoms. The van der Waals surface area contributed by atoms with Gasteiger partial charge in [0.25, 0.3) is 17.5 Å². The molecule has 3 aliphatic rings. The minimum atomic E-state index is -2.23. The van der Waals surface area contributed by atoms with Crippen LogP contribution in [0.1, 0.15) is 35.6 Å². The average Bonchev–Trinajstić information content (AvgIpc) is 3.37. The summed E-state index contributed by atoms with van der Waals surface area (Å²) >= 11 is 0. The molecule has 3 amide bonds. The highest BCUT2D eigenvalue weighted by Crippen LogP contribution is 2.47. The lowest BCUT2D eigenvalue weighted by Gasteiger charge is -2.37. The first-order valence-corrected chi connectivity index (χ1v) is 17.0. The number of nitro benzene ring substituents is 1. The van der Waals surface area contributed by atoms with Gasteiger partial charge >= 0.3 is 0 Å². The number of rotatable bonds is 10. The largest absolute Gasteiger partial charge is 0.394 e. The lowest BCUT2D eigenvalue weighted by atomic mass is 9.82. The first-order valence-electron chi connectivity index (χ1n) is 17.0. The number of benzene rings is 3. The van der Waals surface area contributed by atoms with Gasteiger partial charge in [-0.3, -0.25) is 24.5 Å². The molecule has 0 radical (unpaired) electrons. The molecule has 0 bridgehead atoms. The fourth-order valence-electron chi connectivity index (χ4n) is 7.04. The van der Waals surface area contributed by atoms with Crippen molar-refractivity contribution in [3.05, 3.63) is 111 Å². The molecule has 16 heteroatoms. The number of aliphatic hydroxyl groups excluding tert-OH is 5. The molecule has 3 aromatic rings.